The van der Waals surface area contributed by atoms with E-state index in [1.807, 2.05) is 24.3 Å². The maximum Gasteiger partial charge on any atom is 0.237 e. The molecule has 6 rings (SSSR count). The van der Waals surface area contributed by atoms with Crippen LogP contribution in [0.4, 0.5) is 0 Å². The number of aromatic nitrogens is 1. The van der Waals surface area contributed by atoms with Gasteiger partial charge in [0, 0.05) is 30.5 Å². The molecule has 3 heterocycles. The Morgan fingerprint density at radius 1 is 1.13 bits per heavy atom. The average Bonchev–Trinajstić information content (AvgIpc) is 3.86. The molecule has 3 N–H and O–H groups in total. The number of carbonyl (C=O) groups is 1. The SMILES string of the molecule is Cc1c(C2OC2NC(CCC2CC2)C(=O)NCc2cccc(OC3CCN(C)CC3)c2)[nH]c2ccccc12. The zero-order valence-electron chi connectivity index (χ0n) is 22.5. The van der Waals surface area contributed by atoms with E-state index >= 15 is 0 Å². The summed E-state index contributed by atoms with van der Waals surface area (Å²) >= 11 is 0. The summed E-state index contributed by atoms with van der Waals surface area (Å²) in [4.78, 5) is 19.2. The first kappa shape index (κ1) is 25.4. The molecule has 3 atom stereocenters. The minimum atomic E-state index is -0.269. The van der Waals surface area contributed by atoms with Crippen molar-refractivity contribution >= 4 is 16.8 Å². The van der Waals surface area contributed by atoms with Crippen molar-refractivity contribution in [2.45, 2.75) is 76.5 Å². The number of aromatic amines is 1. The normalized spacial score (nSPS) is 22.9. The summed E-state index contributed by atoms with van der Waals surface area (Å²) < 4.78 is 12.3. The number of piperidine rings is 1. The molecule has 0 radical (unpaired) electrons. The molecule has 0 bridgehead atoms. The van der Waals surface area contributed by atoms with Crippen molar-refractivity contribution in [2.75, 3.05) is 20.1 Å². The number of epoxide rings is 1. The van der Waals surface area contributed by atoms with E-state index in [9.17, 15) is 4.79 Å². The van der Waals surface area contributed by atoms with Crippen LogP contribution in [-0.2, 0) is 16.1 Å². The molecule has 3 unspecified atom stereocenters. The largest absolute Gasteiger partial charge is 0.490 e. The Bertz CT molecular complexity index is 1260. The fourth-order valence-electron chi connectivity index (χ4n) is 5.68. The van der Waals surface area contributed by atoms with Gasteiger partial charge in [0.1, 0.15) is 24.2 Å². The third kappa shape index (κ3) is 6.06. The molecular weight excluding hydrogens is 476 g/mol. The summed E-state index contributed by atoms with van der Waals surface area (Å²) in [5.41, 5.74) is 4.50. The second-order valence-electron chi connectivity index (χ2n) is 11.4. The lowest BCUT2D eigenvalue weighted by Gasteiger charge is -2.29. The van der Waals surface area contributed by atoms with E-state index in [2.05, 4.69) is 58.8 Å². The van der Waals surface area contributed by atoms with Crippen LogP contribution in [0.2, 0.25) is 0 Å². The first-order valence-electron chi connectivity index (χ1n) is 14.2. The van der Waals surface area contributed by atoms with Gasteiger partial charge < -0.3 is 24.7 Å². The summed E-state index contributed by atoms with van der Waals surface area (Å²) in [5, 5.41) is 7.91. The van der Waals surface area contributed by atoms with Crippen LogP contribution in [0.3, 0.4) is 0 Å². The van der Waals surface area contributed by atoms with Crippen LogP contribution >= 0.6 is 0 Å². The van der Waals surface area contributed by atoms with Crippen LogP contribution in [0.1, 0.15) is 61.4 Å². The summed E-state index contributed by atoms with van der Waals surface area (Å²) in [6, 6.07) is 16.2. The number of nitrogens with zero attached hydrogens (tertiary/aromatic N) is 1. The molecule has 1 aromatic heterocycles. The fraction of sp³-hybridized carbons (Fsp3) is 0.516. The molecule has 2 aliphatic heterocycles. The number of benzene rings is 2. The van der Waals surface area contributed by atoms with Gasteiger partial charge in [-0.1, -0.05) is 43.2 Å². The van der Waals surface area contributed by atoms with E-state index < -0.39 is 0 Å². The predicted octanol–water partition coefficient (Wildman–Crippen LogP) is 4.81. The Morgan fingerprint density at radius 3 is 2.74 bits per heavy atom. The van der Waals surface area contributed by atoms with E-state index in [-0.39, 0.29) is 30.4 Å². The summed E-state index contributed by atoms with van der Waals surface area (Å²) in [7, 11) is 2.16. The molecule has 3 fully saturated rings. The van der Waals surface area contributed by atoms with Crippen molar-refractivity contribution in [3.05, 3.63) is 65.4 Å². The number of rotatable bonds is 11. The van der Waals surface area contributed by atoms with Crippen molar-refractivity contribution in [1.29, 1.82) is 0 Å². The fourth-order valence-corrected chi connectivity index (χ4v) is 5.68. The lowest BCUT2D eigenvalue weighted by molar-refractivity contribution is -0.123. The van der Waals surface area contributed by atoms with Gasteiger partial charge in [0.15, 0.2) is 0 Å². The van der Waals surface area contributed by atoms with Gasteiger partial charge >= 0.3 is 0 Å². The van der Waals surface area contributed by atoms with Gasteiger partial charge in [-0.2, -0.15) is 0 Å². The lowest BCUT2D eigenvalue weighted by Crippen LogP contribution is -2.45. The number of hydrogen-bond acceptors (Lipinski definition) is 5. The molecule has 7 nitrogen and oxygen atoms in total. The molecule has 1 amide bonds. The lowest BCUT2D eigenvalue weighted by atomic mass is 10.1. The van der Waals surface area contributed by atoms with Crippen molar-refractivity contribution in [3.8, 4) is 5.75 Å². The second kappa shape index (κ2) is 11.1. The molecule has 3 aromatic rings. The second-order valence-corrected chi connectivity index (χ2v) is 11.4. The van der Waals surface area contributed by atoms with Gasteiger partial charge in [0.05, 0.1) is 11.7 Å². The van der Waals surface area contributed by atoms with Crippen molar-refractivity contribution in [3.63, 3.8) is 0 Å². The molecule has 202 valence electrons. The standard InChI is InChI=1S/C31H40N4O3/c1-20-25-8-3-4-9-26(25)33-28(20)29-31(38-29)34-27(13-12-21-10-11-21)30(36)32-19-22-6-5-7-24(18-22)37-23-14-16-35(2)17-15-23/h3-9,18,21,23,27,29,31,33-34H,10-17,19H2,1-2H3,(H,32,36). The van der Waals surface area contributed by atoms with Crippen molar-refractivity contribution in [2.24, 2.45) is 5.92 Å². The highest BCUT2D eigenvalue weighted by molar-refractivity contribution is 5.84. The molecular formula is C31H40N4O3. The number of ether oxygens (including phenoxy) is 2. The zero-order chi connectivity index (χ0) is 26.1. The summed E-state index contributed by atoms with van der Waals surface area (Å²) in [5.74, 6) is 1.69. The summed E-state index contributed by atoms with van der Waals surface area (Å²) in [6.07, 6.45) is 6.64. The van der Waals surface area contributed by atoms with E-state index in [0.717, 1.165) is 67.2 Å². The van der Waals surface area contributed by atoms with Gasteiger partial charge in [0.25, 0.3) is 0 Å². The van der Waals surface area contributed by atoms with E-state index in [0.29, 0.717) is 6.54 Å². The molecule has 1 saturated carbocycles. The Kier molecular flexibility index (Phi) is 7.41. The number of para-hydroxylation sites is 1. The van der Waals surface area contributed by atoms with Crippen LogP contribution < -0.4 is 15.4 Å². The minimum Gasteiger partial charge on any atom is -0.490 e. The van der Waals surface area contributed by atoms with Gasteiger partial charge in [-0.25, -0.2) is 0 Å². The number of H-pyrrole nitrogens is 1. The molecule has 1 aliphatic carbocycles. The Hall–Kier alpha value is -2.87. The number of amides is 1. The monoisotopic (exact) mass is 516 g/mol. The number of aryl methyl sites for hydroxylation is 1. The molecule has 3 aliphatic rings. The first-order chi connectivity index (χ1) is 18.5. The smallest absolute Gasteiger partial charge is 0.237 e. The quantitative estimate of drug-likeness (QED) is 0.319. The van der Waals surface area contributed by atoms with Gasteiger partial charge in [0.2, 0.25) is 5.91 Å². The van der Waals surface area contributed by atoms with E-state index in [1.165, 1.54) is 23.8 Å². The molecule has 38 heavy (non-hydrogen) atoms. The van der Waals surface area contributed by atoms with Crippen LogP contribution in [-0.4, -0.2) is 54.3 Å². The average molecular weight is 517 g/mol. The first-order valence-corrected chi connectivity index (χ1v) is 14.2. The van der Waals surface area contributed by atoms with E-state index in [1.54, 1.807) is 0 Å². The van der Waals surface area contributed by atoms with Gasteiger partial charge in [-0.05, 0) is 74.9 Å². The number of fused-ring (bicyclic) bond motifs is 1. The number of nitrogens with one attached hydrogen (secondary N) is 3. The third-order valence-corrected chi connectivity index (χ3v) is 8.36. The minimum absolute atomic E-state index is 0.0370. The Morgan fingerprint density at radius 2 is 1.95 bits per heavy atom. The van der Waals surface area contributed by atoms with Crippen LogP contribution in [0.5, 0.6) is 5.75 Å². The molecule has 0 spiro atoms. The van der Waals surface area contributed by atoms with E-state index in [4.69, 9.17) is 9.47 Å². The summed E-state index contributed by atoms with van der Waals surface area (Å²) in [6.45, 7) is 4.76. The van der Waals surface area contributed by atoms with Gasteiger partial charge in [-0.3, -0.25) is 10.1 Å². The number of hydrogen-bond donors (Lipinski definition) is 3. The maximum absolute atomic E-state index is 13.3. The van der Waals surface area contributed by atoms with Crippen LogP contribution in [0, 0.1) is 12.8 Å². The van der Waals surface area contributed by atoms with Crippen LogP contribution in [0.25, 0.3) is 10.9 Å². The predicted molar refractivity (Wildman–Crippen MR) is 149 cm³/mol. The highest BCUT2D eigenvalue weighted by Crippen LogP contribution is 2.41. The van der Waals surface area contributed by atoms with Crippen LogP contribution in [0.15, 0.2) is 48.5 Å². The Balaban J connectivity index is 1.05. The topological polar surface area (TPSA) is 81.9 Å². The highest BCUT2D eigenvalue weighted by Gasteiger charge is 2.44. The zero-order valence-corrected chi connectivity index (χ0v) is 22.5. The molecule has 2 aromatic carbocycles. The number of likely N-dealkylation sites (tertiary alicyclic amines) is 1. The van der Waals surface area contributed by atoms with Gasteiger partial charge in [-0.15, -0.1) is 0 Å². The molecule has 2 saturated heterocycles. The Labute approximate surface area is 225 Å². The number of carbonyl (C=O) groups excluding carboxylic acids is 1. The third-order valence-electron chi connectivity index (χ3n) is 8.36. The van der Waals surface area contributed by atoms with Crippen molar-refractivity contribution < 1.29 is 14.3 Å². The maximum atomic E-state index is 13.3. The molecule has 7 heteroatoms. The van der Waals surface area contributed by atoms with Crippen molar-refractivity contribution in [1.82, 2.24) is 20.5 Å². The highest BCUT2D eigenvalue weighted by atomic mass is 16.6.